The lowest BCUT2D eigenvalue weighted by molar-refractivity contribution is -0.142. The molecule has 0 spiro atoms. The van der Waals surface area contributed by atoms with Crippen molar-refractivity contribution in [3.63, 3.8) is 0 Å². The highest BCUT2D eigenvalue weighted by molar-refractivity contribution is 7.89. The molecule has 6 heteroatoms. The lowest BCUT2D eigenvalue weighted by Gasteiger charge is -2.20. The number of sulfonamides is 1. The Morgan fingerprint density at radius 3 is 2.30 bits per heavy atom. The summed E-state index contributed by atoms with van der Waals surface area (Å²) in [6.07, 6.45) is 0. The fourth-order valence-corrected chi connectivity index (χ4v) is 3.18. The van der Waals surface area contributed by atoms with E-state index in [2.05, 4.69) is 4.72 Å². The van der Waals surface area contributed by atoms with E-state index >= 15 is 0 Å². The summed E-state index contributed by atoms with van der Waals surface area (Å²) in [7, 11) is -3.89. The number of nitrogens with one attached hydrogen (secondary N) is 1. The second-order valence-corrected chi connectivity index (χ2v) is 6.73. The van der Waals surface area contributed by atoms with Crippen LogP contribution < -0.4 is 4.72 Å². The summed E-state index contributed by atoms with van der Waals surface area (Å²) < 4.78 is 26.6. The fourth-order valence-electron chi connectivity index (χ4n) is 1.77. The highest BCUT2D eigenvalue weighted by Gasteiger charge is 2.33. The van der Waals surface area contributed by atoms with Crippen LogP contribution >= 0.6 is 0 Å². The van der Waals surface area contributed by atoms with Crippen LogP contribution in [-0.4, -0.2) is 25.0 Å². The van der Waals surface area contributed by atoms with E-state index in [1.807, 2.05) is 18.2 Å². The number of carboxylic acids is 1. The van der Waals surface area contributed by atoms with Crippen molar-refractivity contribution in [2.24, 2.45) is 0 Å². The van der Waals surface area contributed by atoms with Crippen molar-refractivity contribution in [3.05, 3.63) is 42.5 Å². The minimum Gasteiger partial charge on any atom is -0.480 e. The Bertz CT molecular complexity index is 766. The van der Waals surface area contributed by atoms with Crippen molar-refractivity contribution in [1.82, 2.24) is 4.72 Å². The van der Waals surface area contributed by atoms with Crippen LogP contribution in [0.1, 0.15) is 13.8 Å². The number of hydrogen-bond acceptors (Lipinski definition) is 3. The van der Waals surface area contributed by atoms with Crippen LogP contribution in [0.25, 0.3) is 10.8 Å². The van der Waals surface area contributed by atoms with Crippen molar-refractivity contribution < 1.29 is 18.3 Å². The van der Waals surface area contributed by atoms with Crippen molar-refractivity contribution in [2.45, 2.75) is 24.3 Å². The van der Waals surface area contributed by atoms with E-state index in [1.54, 1.807) is 12.1 Å². The standard InChI is InChI=1S/C14H15NO4S/c1-14(2,13(16)17)15-20(18,19)12-8-7-10-5-3-4-6-11(10)9-12/h3-9,15H,1-2H3,(H,16,17). The van der Waals surface area contributed by atoms with Gasteiger partial charge >= 0.3 is 5.97 Å². The molecule has 0 unspecified atom stereocenters. The molecule has 2 rings (SSSR count). The Hall–Kier alpha value is -1.92. The molecule has 0 amide bonds. The lowest BCUT2D eigenvalue weighted by Crippen LogP contribution is -2.49. The Balaban J connectivity index is 2.44. The van der Waals surface area contributed by atoms with Gasteiger partial charge in [0.05, 0.1) is 4.90 Å². The molecule has 0 heterocycles. The van der Waals surface area contributed by atoms with Crippen molar-refractivity contribution in [1.29, 1.82) is 0 Å². The molecule has 0 saturated carbocycles. The monoisotopic (exact) mass is 293 g/mol. The third kappa shape index (κ3) is 2.81. The number of rotatable bonds is 4. The topological polar surface area (TPSA) is 83.5 Å². The molecule has 2 aromatic carbocycles. The van der Waals surface area contributed by atoms with E-state index in [-0.39, 0.29) is 4.90 Å². The number of fused-ring (bicyclic) bond motifs is 1. The van der Waals surface area contributed by atoms with Gasteiger partial charge in [0.2, 0.25) is 10.0 Å². The van der Waals surface area contributed by atoms with E-state index in [0.717, 1.165) is 10.8 Å². The van der Waals surface area contributed by atoms with Gasteiger partial charge in [0.25, 0.3) is 0 Å². The molecule has 106 valence electrons. The quantitative estimate of drug-likeness (QED) is 0.903. The second kappa shape index (κ2) is 4.88. The zero-order valence-electron chi connectivity index (χ0n) is 11.1. The highest BCUT2D eigenvalue weighted by atomic mass is 32.2. The average molecular weight is 293 g/mol. The molecule has 0 saturated heterocycles. The van der Waals surface area contributed by atoms with E-state index < -0.39 is 21.5 Å². The van der Waals surface area contributed by atoms with Crippen LogP contribution in [0.3, 0.4) is 0 Å². The van der Waals surface area contributed by atoms with Gasteiger partial charge in [0, 0.05) is 0 Å². The predicted octanol–water partition coefficient (Wildman–Crippen LogP) is 1.98. The Labute approximate surface area is 117 Å². The SMILES string of the molecule is CC(C)(NS(=O)(=O)c1ccc2ccccc2c1)C(=O)O. The lowest BCUT2D eigenvalue weighted by atomic mass is 10.1. The van der Waals surface area contributed by atoms with Crippen LogP contribution in [0, 0.1) is 0 Å². The van der Waals surface area contributed by atoms with Crippen LogP contribution in [-0.2, 0) is 14.8 Å². The third-order valence-corrected chi connectivity index (χ3v) is 4.61. The van der Waals surface area contributed by atoms with Crippen LogP contribution in [0.5, 0.6) is 0 Å². The van der Waals surface area contributed by atoms with E-state index in [1.165, 1.54) is 26.0 Å². The summed E-state index contributed by atoms with van der Waals surface area (Å²) in [5.74, 6) is -1.23. The molecule has 0 atom stereocenters. The number of hydrogen-bond donors (Lipinski definition) is 2. The Kier molecular flexibility index (Phi) is 3.54. The average Bonchev–Trinajstić information content (AvgIpc) is 2.36. The van der Waals surface area contributed by atoms with E-state index in [0.29, 0.717) is 0 Å². The summed E-state index contributed by atoms with van der Waals surface area (Å²) in [6.45, 7) is 2.60. The second-order valence-electron chi connectivity index (χ2n) is 5.04. The van der Waals surface area contributed by atoms with Crippen LogP contribution in [0.15, 0.2) is 47.4 Å². The maximum absolute atomic E-state index is 12.2. The van der Waals surface area contributed by atoms with Gasteiger partial charge in [-0.2, -0.15) is 4.72 Å². The number of benzene rings is 2. The zero-order valence-corrected chi connectivity index (χ0v) is 11.9. The minimum absolute atomic E-state index is 0.0468. The summed E-state index contributed by atoms with van der Waals surface area (Å²) >= 11 is 0. The normalized spacial score (nSPS) is 12.5. The molecular weight excluding hydrogens is 278 g/mol. The number of carboxylic acid groups (broad SMARTS) is 1. The van der Waals surface area contributed by atoms with Gasteiger partial charge in [-0.25, -0.2) is 8.42 Å². The largest absolute Gasteiger partial charge is 0.480 e. The van der Waals surface area contributed by atoms with Gasteiger partial charge < -0.3 is 5.11 Å². The number of carbonyl (C=O) groups is 1. The van der Waals surface area contributed by atoms with Gasteiger partial charge in [0.15, 0.2) is 0 Å². The zero-order chi connectivity index (χ0) is 15.0. The van der Waals surface area contributed by atoms with Crippen molar-refractivity contribution in [3.8, 4) is 0 Å². The van der Waals surface area contributed by atoms with Crippen molar-refractivity contribution in [2.75, 3.05) is 0 Å². The van der Waals surface area contributed by atoms with Crippen LogP contribution in [0.2, 0.25) is 0 Å². The molecule has 0 aliphatic rings. The molecule has 0 bridgehead atoms. The van der Waals surface area contributed by atoms with Gasteiger partial charge in [-0.3, -0.25) is 4.79 Å². The first-order chi connectivity index (χ1) is 9.22. The van der Waals surface area contributed by atoms with Gasteiger partial charge in [-0.1, -0.05) is 30.3 Å². The summed E-state index contributed by atoms with van der Waals surface area (Å²) in [6, 6.07) is 12.0. The third-order valence-electron chi connectivity index (χ3n) is 2.96. The molecule has 0 aliphatic heterocycles. The highest BCUT2D eigenvalue weighted by Crippen LogP contribution is 2.20. The molecular formula is C14H15NO4S. The van der Waals surface area contributed by atoms with Crippen molar-refractivity contribution >= 4 is 26.8 Å². The summed E-state index contributed by atoms with van der Waals surface area (Å²) in [5.41, 5.74) is -1.57. The van der Waals surface area contributed by atoms with E-state index in [9.17, 15) is 13.2 Å². The molecule has 0 radical (unpaired) electrons. The Morgan fingerprint density at radius 2 is 1.70 bits per heavy atom. The molecule has 0 aromatic heterocycles. The van der Waals surface area contributed by atoms with Gasteiger partial charge in [-0.15, -0.1) is 0 Å². The van der Waals surface area contributed by atoms with E-state index in [4.69, 9.17) is 5.11 Å². The first-order valence-corrected chi connectivity index (χ1v) is 7.47. The van der Waals surface area contributed by atoms with Crippen LogP contribution in [0.4, 0.5) is 0 Å². The van der Waals surface area contributed by atoms with Gasteiger partial charge in [0.1, 0.15) is 5.54 Å². The first kappa shape index (κ1) is 14.5. The smallest absolute Gasteiger partial charge is 0.324 e. The molecule has 20 heavy (non-hydrogen) atoms. The molecule has 2 N–H and O–H groups in total. The minimum atomic E-state index is -3.89. The maximum atomic E-state index is 12.2. The molecule has 5 nitrogen and oxygen atoms in total. The molecule has 0 fully saturated rings. The molecule has 0 aliphatic carbocycles. The Morgan fingerprint density at radius 1 is 1.10 bits per heavy atom. The number of aliphatic carboxylic acids is 1. The molecule has 2 aromatic rings. The predicted molar refractivity (Wildman–Crippen MR) is 76.0 cm³/mol. The first-order valence-electron chi connectivity index (χ1n) is 5.98. The maximum Gasteiger partial charge on any atom is 0.324 e. The summed E-state index contributed by atoms with van der Waals surface area (Å²) in [4.78, 5) is 11.1. The summed E-state index contributed by atoms with van der Waals surface area (Å²) in [5, 5.41) is 10.7. The van der Waals surface area contributed by atoms with Gasteiger partial charge in [-0.05, 0) is 36.8 Å². The fraction of sp³-hybridized carbons (Fsp3) is 0.214.